The van der Waals surface area contributed by atoms with Gasteiger partial charge in [-0.2, -0.15) is 0 Å². The van der Waals surface area contributed by atoms with Crippen molar-refractivity contribution < 1.29 is 8.42 Å². The SMILES string of the molecule is CC(C)(C(Cl)c1ccc2[nH]c(=O)c(=O)[nH]c2c1)S(C)(=O)=O. The first-order chi connectivity index (χ1) is 9.54. The van der Waals surface area contributed by atoms with Gasteiger partial charge in [0.05, 0.1) is 21.2 Å². The third-order valence-corrected chi connectivity index (χ3v) is 6.68. The van der Waals surface area contributed by atoms with E-state index >= 15 is 0 Å². The van der Waals surface area contributed by atoms with Gasteiger partial charge in [0.15, 0.2) is 9.84 Å². The fraction of sp³-hybridized carbons (Fsp3) is 0.385. The van der Waals surface area contributed by atoms with Crippen molar-refractivity contribution in [2.45, 2.75) is 24.0 Å². The number of H-pyrrole nitrogens is 2. The second-order valence-corrected chi connectivity index (χ2v) is 8.48. The molecule has 6 nitrogen and oxygen atoms in total. The standard InChI is InChI=1S/C13H15ClN2O4S/c1-13(2,21(3,19)20)10(14)7-4-5-8-9(6-7)16-12(18)11(17)15-8/h4-6,10H,1-3H3,(H,15,17)(H,16,18). The molecule has 0 aliphatic rings. The van der Waals surface area contributed by atoms with Crippen molar-refractivity contribution in [2.24, 2.45) is 0 Å². The number of nitrogens with one attached hydrogen (secondary N) is 2. The Morgan fingerprint density at radius 3 is 2.14 bits per heavy atom. The van der Waals surface area contributed by atoms with Crippen LogP contribution < -0.4 is 11.1 Å². The number of sulfone groups is 1. The lowest BCUT2D eigenvalue weighted by molar-refractivity contribution is 0.544. The predicted molar refractivity (Wildman–Crippen MR) is 82.7 cm³/mol. The highest BCUT2D eigenvalue weighted by Gasteiger charge is 2.38. The first-order valence-electron chi connectivity index (χ1n) is 6.14. The maximum Gasteiger partial charge on any atom is 0.314 e. The highest BCUT2D eigenvalue weighted by molar-refractivity contribution is 7.92. The lowest BCUT2D eigenvalue weighted by Crippen LogP contribution is -2.35. The Bertz CT molecular complexity index is 912. The Balaban J connectivity index is 2.61. The summed E-state index contributed by atoms with van der Waals surface area (Å²) >= 11 is 6.31. The molecule has 0 bridgehead atoms. The quantitative estimate of drug-likeness (QED) is 0.654. The van der Waals surface area contributed by atoms with Crippen LogP contribution in [0.3, 0.4) is 0 Å². The molecule has 1 aromatic heterocycles. The van der Waals surface area contributed by atoms with E-state index in [4.69, 9.17) is 11.6 Å². The Kier molecular flexibility index (Phi) is 3.75. The van der Waals surface area contributed by atoms with Crippen LogP contribution in [0.1, 0.15) is 24.8 Å². The molecule has 2 rings (SSSR count). The van der Waals surface area contributed by atoms with Crippen LogP contribution in [-0.2, 0) is 9.84 Å². The zero-order valence-corrected chi connectivity index (χ0v) is 13.3. The molecule has 1 aromatic carbocycles. The number of aromatic nitrogens is 2. The maximum absolute atomic E-state index is 11.8. The van der Waals surface area contributed by atoms with Crippen LogP contribution in [0.4, 0.5) is 0 Å². The summed E-state index contributed by atoms with van der Waals surface area (Å²) in [7, 11) is -3.38. The van der Waals surface area contributed by atoms with Crippen molar-refractivity contribution in [1.29, 1.82) is 0 Å². The Hall–Kier alpha value is -1.60. The Morgan fingerprint density at radius 1 is 1.10 bits per heavy atom. The third-order valence-electron chi connectivity index (χ3n) is 3.60. The number of hydrogen-bond acceptors (Lipinski definition) is 4. The molecular weight excluding hydrogens is 316 g/mol. The fourth-order valence-electron chi connectivity index (χ4n) is 1.88. The highest BCUT2D eigenvalue weighted by atomic mass is 35.5. The molecule has 114 valence electrons. The van der Waals surface area contributed by atoms with Gasteiger partial charge < -0.3 is 9.97 Å². The summed E-state index contributed by atoms with van der Waals surface area (Å²) in [6.45, 7) is 3.08. The average Bonchev–Trinajstić information content (AvgIpc) is 2.37. The number of benzene rings is 1. The van der Waals surface area contributed by atoms with Gasteiger partial charge in [0.2, 0.25) is 0 Å². The summed E-state index contributed by atoms with van der Waals surface area (Å²) in [6, 6.07) is 4.77. The van der Waals surface area contributed by atoms with E-state index in [1.165, 1.54) is 0 Å². The van der Waals surface area contributed by atoms with Gasteiger partial charge in [0.25, 0.3) is 0 Å². The second kappa shape index (κ2) is 4.99. The lowest BCUT2D eigenvalue weighted by atomic mass is 10.0. The molecule has 0 saturated carbocycles. The van der Waals surface area contributed by atoms with Gasteiger partial charge in [-0.3, -0.25) is 9.59 Å². The van der Waals surface area contributed by atoms with E-state index in [9.17, 15) is 18.0 Å². The summed E-state index contributed by atoms with van der Waals surface area (Å²) in [4.78, 5) is 27.4. The fourth-order valence-corrected chi connectivity index (χ4v) is 3.01. The van der Waals surface area contributed by atoms with Crippen LogP contribution >= 0.6 is 11.6 Å². The number of fused-ring (bicyclic) bond motifs is 1. The minimum atomic E-state index is -3.38. The van der Waals surface area contributed by atoms with E-state index in [-0.39, 0.29) is 0 Å². The Labute approximate surface area is 126 Å². The van der Waals surface area contributed by atoms with Gasteiger partial charge >= 0.3 is 11.1 Å². The second-order valence-electron chi connectivity index (χ2n) is 5.45. The van der Waals surface area contributed by atoms with Crippen molar-refractivity contribution >= 4 is 32.5 Å². The first kappa shape index (κ1) is 15.8. The molecule has 1 heterocycles. The van der Waals surface area contributed by atoms with E-state index in [1.807, 2.05) is 0 Å². The van der Waals surface area contributed by atoms with Crippen molar-refractivity contribution in [3.63, 3.8) is 0 Å². The smallest absolute Gasteiger partial charge is 0.314 e. The summed E-state index contributed by atoms with van der Waals surface area (Å²) in [5.41, 5.74) is -0.124. The molecule has 21 heavy (non-hydrogen) atoms. The van der Waals surface area contributed by atoms with Gasteiger partial charge in [-0.15, -0.1) is 11.6 Å². The molecule has 0 saturated heterocycles. The number of rotatable bonds is 3. The molecule has 0 aliphatic heterocycles. The summed E-state index contributed by atoms with van der Waals surface area (Å²) < 4.78 is 22.5. The van der Waals surface area contributed by atoms with E-state index in [0.717, 1.165) is 6.26 Å². The van der Waals surface area contributed by atoms with Crippen molar-refractivity contribution in [2.75, 3.05) is 6.26 Å². The zero-order valence-electron chi connectivity index (χ0n) is 11.7. The minimum Gasteiger partial charge on any atom is -0.316 e. The van der Waals surface area contributed by atoms with Crippen LogP contribution in [0, 0.1) is 0 Å². The molecule has 2 aromatic rings. The largest absolute Gasteiger partial charge is 0.316 e. The van der Waals surface area contributed by atoms with Crippen LogP contribution in [0.15, 0.2) is 27.8 Å². The van der Waals surface area contributed by atoms with Gasteiger partial charge in [0.1, 0.15) is 0 Å². The van der Waals surface area contributed by atoms with Crippen molar-refractivity contribution in [3.8, 4) is 0 Å². The third kappa shape index (κ3) is 2.75. The first-order valence-corrected chi connectivity index (χ1v) is 8.47. The van der Waals surface area contributed by atoms with Gasteiger partial charge in [-0.05, 0) is 31.5 Å². The molecule has 2 N–H and O–H groups in total. The summed E-state index contributed by atoms with van der Waals surface area (Å²) in [5, 5.41) is -0.799. The monoisotopic (exact) mass is 330 g/mol. The molecule has 0 fully saturated rings. The van der Waals surface area contributed by atoms with Crippen LogP contribution in [-0.4, -0.2) is 29.4 Å². The number of hydrogen-bond donors (Lipinski definition) is 2. The van der Waals surface area contributed by atoms with Gasteiger partial charge in [-0.1, -0.05) is 6.07 Å². The van der Waals surface area contributed by atoms with Gasteiger partial charge in [0, 0.05) is 6.26 Å². The summed E-state index contributed by atoms with van der Waals surface area (Å²) in [5.74, 6) is 0. The summed E-state index contributed by atoms with van der Waals surface area (Å²) in [6.07, 6.45) is 1.13. The topological polar surface area (TPSA) is 99.9 Å². The molecule has 0 radical (unpaired) electrons. The molecular formula is C13H15ClN2O4S. The van der Waals surface area contributed by atoms with Crippen LogP contribution in [0.5, 0.6) is 0 Å². The molecule has 0 amide bonds. The number of alkyl halides is 1. The number of halogens is 1. The van der Waals surface area contributed by atoms with Crippen LogP contribution in [0.25, 0.3) is 11.0 Å². The van der Waals surface area contributed by atoms with Crippen LogP contribution in [0.2, 0.25) is 0 Å². The van der Waals surface area contributed by atoms with Crippen molar-refractivity contribution in [1.82, 2.24) is 9.97 Å². The molecule has 1 unspecified atom stereocenters. The lowest BCUT2D eigenvalue weighted by Gasteiger charge is -2.28. The maximum atomic E-state index is 11.8. The molecule has 0 aliphatic carbocycles. The molecule has 8 heteroatoms. The minimum absolute atomic E-state index is 0.395. The van der Waals surface area contributed by atoms with E-state index in [0.29, 0.717) is 16.6 Å². The van der Waals surface area contributed by atoms with E-state index < -0.39 is 31.1 Å². The average molecular weight is 331 g/mol. The normalized spacial score (nSPS) is 14.3. The van der Waals surface area contributed by atoms with Gasteiger partial charge in [-0.25, -0.2) is 8.42 Å². The predicted octanol–water partition coefficient (Wildman–Crippen LogP) is 1.32. The zero-order chi connectivity index (χ0) is 16.0. The highest BCUT2D eigenvalue weighted by Crippen LogP contribution is 2.38. The van der Waals surface area contributed by atoms with E-state index in [1.54, 1.807) is 32.0 Å². The van der Waals surface area contributed by atoms with E-state index in [2.05, 4.69) is 9.97 Å². The number of aromatic amines is 2. The molecule has 1 atom stereocenters. The molecule has 0 spiro atoms. The van der Waals surface area contributed by atoms with Crippen molar-refractivity contribution in [3.05, 3.63) is 44.5 Å². The Morgan fingerprint density at radius 2 is 1.62 bits per heavy atom.